The van der Waals surface area contributed by atoms with Gasteiger partial charge in [-0.05, 0) is 47.9 Å². The SMILES string of the molecule is O=C(O)CN(CCc1ccccc1)C(=O)c1cccc(OCc2cccc(F)c2)c1. The van der Waals surface area contributed by atoms with E-state index in [-0.39, 0.29) is 31.4 Å². The molecule has 30 heavy (non-hydrogen) atoms. The van der Waals surface area contributed by atoms with Crippen LogP contribution in [-0.4, -0.2) is 35.0 Å². The molecule has 0 atom stereocenters. The Morgan fingerprint density at radius 3 is 2.37 bits per heavy atom. The molecule has 0 radical (unpaired) electrons. The van der Waals surface area contributed by atoms with Crippen LogP contribution in [0, 0.1) is 5.82 Å². The zero-order valence-corrected chi connectivity index (χ0v) is 16.3. The van der Waals surface area contributed by atoms with Gasteiger partial charge >= 0.3 is 5.97 Å². The van der Waals surface area contributed by atoms with Gasteiger partial charge in [0.25, 0.3) is 5.91 Å². The number of carbonyl (C=O) groups excluding carboxylic acids is 1. The number of hydrogen-bond acceptors (Lipinski definition) is 3. The fourth-order valence-electron chi connectivity index (χ4n) is 3.02. The van der Waals surface area contributed by atoms with Crippen molar-refractivity contribution in [1.82, 2.24) is 4.90 Å². The smallest absolute Gasteiger partial charge is 0.323 e. The quantitative estimate of drug-likeness (QED) is 0.578. The Bertz CT molecular complexity index is 1010. The molecule has 3 rings (SSSR count). The third-order valence-electron chi connectivity index (χ3n) is 4.50. The first-order chi connectivity index (χ1) is 14.5. The van der Waals surface area contributed by atoms with E-state index in [9.17, 15) is 19.1 Å². The van der Waals surface area contributed by atoms with E-state index in [0.717, 1.165) is 5.56 Å². The van der Waals surface area contributed by atoms with Crippen LogP contribution in [0.1, 0.15) is 21.5 Å². The highest BCUT2D eigenvalue weighted by atomic mass is 19.1. The van der Waals surface area contributed by atoms with Gasteiger partial charge in [-0.15, -0.1) is 0 Å². The van der Waals surface area contributed by atoms with Crippen molar-refractivity contribution >= 4 is 11.9 Å². The number of nitrogens with zero attached hydrogens (tertiary/aromatic N) is 1. The van der Waals surface area contributed by atoms with E-state index in [1.807, 2.05) is 30.3 Å². The van der Waals surface area contributed by atoms with Crippen molar-refractivity contribution in [3.63, 3.8) is 0 Å². The van der Waals surface area contributed by atoms with E-state index in [1.165, 1.54) is 17.0 Å². The van der Waals surface area contributed by atoms with Crippen molar-refractivity contribution in [1.29, 1.82) is 0 Å². The van der Waals surface area contributed by atoms with E-state index in [1.54, 1.807) is 36.4 Å². The molecule has 0 aromatic heterocycles. The highest BCUT2D eigenvalue weighted by Crippen LogP contribution is 2.17. The van der Waals surface area contributed by atoms with Crippen LogP contribution in [0.25, 0.3) is 0 Å². The van der Waals surface area contributed by atoms with Gasteiger partial charge < -0.3 is 14.7 Å². The van der Waals surface area contributed by atoms with Gasteiger partial charge in [0, 0.05) is 12.1 Å². The zero-order valence-electron chi connectivity index (χ0n) is 16.3. The van der Waals surface area contributed by atoms with Crippen molar-refractivity contribution in [3.05, 3.63) is 101 Å². The minimum Gasteiger partial charge on any atom is -0.489 e. The Balaban J connectivity index is 1.69. The van der Waals surface area contributed by atoms with Gasteiger partial charge in [0.15, 0.2) is 0 Å². The standard InChI is InChI=1S/C24H22FNO4/c25-21-10-4-8-19(14-21)17-30-22-11-5-9-20(15-22)24(29)26(16-23(27)28)13-12-18-6-2-1-3-7-18/h1-11,14-15H,12-13,16-17H2,(H,27,28). The first-order valence-electron chi connectivity index (χ1n) is 9.53. The Labute approximate surface area is 174 Å². The third kappa shape index (κ3) is 6.17. The molecule has 0 saturated heterocycles. The van der Waals surface area contributed by atoms with Crippen LogP contribution in [0.3, 0.4) is 0 Å². The Kier molecular flexibility index (Phi) is 7.16. The summed E-state index contributed by atoms with van der Waals surface area (Å²) in [5, 5.41) is 9.21. The molecule has 0 aliphatic rings. The molecule has 0 spiro atoms. The molecular formula is C24H22FNO4. The maximum absolute atomic E-state index is 13.3. The van der Waals surface area contributed by atoms with Gasteiger partial charge in [0.1, 0.15) is 24.7 Å². The summed E-state index contributed by atoms with van der Waals surface area (Å²) >= 11 is 0. The molecule has 6 heteroatoms. The van der Waals surface area contributed by atoms with Crippen molar-refractivity contribution in [2.75, 3.05) is 13.1 Å². The van der Waals surface area contributed by atoms with E-state index in [4.69, 9.17) is 4.74 Å². The predicted molar refractivity (Wildman–Crippen MR) is 111 cm³/mol. The minimum atomic E-state index is -1.07. The van der Waals surface area contributed by atoms with E-state index in [0.29, 0.717) is 23.3 Å². The fourth-order valence-corrected chi connectivity index (χ4v) is 3.02. The average Bonchev–Trinajstić information content (AvgIpc) is 2.75. The van der Waals surface area contributed by atoms with Gasteiger partial charge in [-0.1, -0.05) is 48.5 Å². The number of hydrogen-bond donors (Lipinski definition) is 1. The summed E-state index contributed by atoms with van der Waals surface area (Å²) < 4.78 is 19.0. The minimum absolute atomic E-state index is 0.155. The fraction of sp³-hybridized carbons (Fsp3) is 0.167. The van der Waals surface area contributed by atoms with Gasteiger partial charge in [-0.3, -0.25) is 9.59 Å². The molecule has 3 aromatic rings. The molecule has 0 saturated carbocycles. The number of rotatable bonds is 9. The van der Waals surface area contributed by atoms with E-state index < -0.39 is 5.97 Å². The number of aliphatic carboxylic acids is 1. The number of carbonyl (C=O) groups is 2. The second-order valence-corrected chi connectivity index (χ2v) is 6.80. The van der Waals surface area contributed by atoms with Crippen LogP contribution in [0.15, 0.2) is 78.9 Å². The molecule has 0 bridgehead atoms. The molecule has 0 aliphatic carbocycles. The summed E-state index contributed by atoms with van der Waals surface area (Å²) in [5.41, 5.74) is 2.02. The Morgan fingerprint density at radius 2 is 1.63 bits per heavy atom. The molecule has 0 fully saturated rings. The number of amides is 1. The van der Waals surface area contributed by atoms with Crippen molar-refractivity contribution in [2.45, 2.75) is 13.0 Å². The van der Waals surface area contributed by atoms with Crippen LogP contribution >= 0.6 is 0 Å². The highest BCUT2D eigenvalue weighted by molar-refractivity contribution is 5.96. The number of carboxylic acids is 1. The molecule has 0 heterocycles. The molecule has 0 unspecified atom stereocenters. The maximum atomic E-state index is 13.3. The molecule has 3 aromatic carbocycles. The van der Waals surface area contributed by atoms with Crippen LogP contribution in [0.4, 0.5) is 4.39 Å². The van der Waals surface area contributed by atoms with Crippen LogP contribution in [0.5, 0.6) is 5.75 Å². The normalized spacial score (nSPS) is 10.4. The third-order valence-corrected chi connectivity index (χ3v) is 4.50. The lowest BCUT2D eigenvalue weighted by atomic mass is 10.1. The number of benzene rings is 3. The molecule has 5 nitrogen and oxygen atoms in total. The van der Waals surface area contributed by atoms with Crippen LogP contribution in [-0.2, 0) is 17.8 Å². The van der Waals surface area contributed by atoms with Gasteiger partial charge in [0.05, 0.1) is 0 Å². The Morgan fingerprint density at radius 1 is 0.900 bits per heavy atom. The topological polar surface area (TPSA) is 66.8 Å². The highest BCUT2D eigenvalue weighted by Gasteiger charge is 2.19. The lowest BCUT2D eigenvalue weighted by Crippen LogP contribution is -2.37. The second-order valence-electron chi connectivity index (χ2n) is 6.80. The molecule has 1 N–H and O–H groups in total. The van der Waals surface area contributed by atoms with E-state index >= 15 is 0 Å². The van der Waals surface area contributed by atoms with Crippen LogP contribution < -0.4 is 4.74 Å². The molecule has 1 amide bonds. The predicted octanol–water partition coefficient (Wildman–Crippen LogP) is 4.17. The number of carboxylic acid groups (broad SMARTS) is 1. The molecule has 0 aliphatic heterocycles. The average molecular weight is 407 g/mol. The van der Waals surface area contributed by atoms with Crippen molar-refractivity contribution in [3.8, 4) is 5.75 Å². The lowest BCUT2D eigenvalue weighted by molar-refractivity contribution is -0.137. The second kappa shape index (κ2) is 10.2. The summed E-state index contributed by atoms with van der Waals surface area (Å²) in [6, 6.07) is 22.2. The molecular weight excluding hydrogens is 385 g/mol. The van der Waals surface area contributed by atoms with Crippen LogP contribution in [0.2, 0.25) is 0 Å². The van der Waals surface area contributed by atoms with Gasteiger partial charge in [-0.2, -0.15) is 0 Å². The molecule has 154 valence electrons. The van der Waals surface area contributed by atoms with Crippen molar-refractivity contribution in [2.24, 2.45) is 0 Å². The number of halogens is 1. The summed E-state index contributed by atoms with van der Waals surface area (Å²) in [5.74, 6) is -1.36. The van der Waals surface area contributed by atoms with Crippen molar-refractivity contribution < 1.29 is 23.8 Å². The Hall–Kier alpha value is -3.67. The summed E-state index contributed by atoms with van der Waals surface area (Å²) in [4.78, 5) is 25.5. The summed E-state index contributed by atoms with van der Waals surface area (Å²) in [6.45, 7) is 0.0474. The largest absolute Gasteiger partial charge is 0.489 e. The van der Waals surface area contributed by atoms with Gasteiger partial charge in [-0.25, -0.2) is 4.39 Å². The lowest BCUT2D eigenvalue weighted by Gasteiger charge is -2.21. The monoisotopic (exact) mass is 407 g/mol. The first-order valence-corrected chi connectivity index (χ1v) is 9.53. The zero-order chi connectivity index (χ0) is 21.3. The summed E-state index contributed by atoms with van der Waals surface area (Å²) in [6.07, 6.45) is 0.551. The summed E-state index contributed by atoms with van der Waals surface area (Å²) in [7, 11) is 0. The number of ether oxygens (including phenoxy) is 1. The van der Waals surface area contributed by atoms with E-state index in [2.05, 4.69) is 0 Å². The van der Waals surface area contributed by atoms with Gasteiger partial charge in [0.2, 0.25) is 0 Å². The maximum Gasteiger partial charge on any atom is 0.323 e. The first kappa shape index (κ1) is 21.0.